The van der Waals surface area contributed by atoms with Crippen molar-refractivity contribution in [3.05, 3.63) is 71.2 Å². The van der Waals surface area contributed by atoms with Crippen LogP contribution in [0, 0.1) is 11.6 Å². The Hall–Kier alpha value is -3.63. The molecular weight excluding hydrogens is 462 g/mol. The number of aromatic nitrogens is 1. The van der Waals surface area contributed by atoms with Crippen molar-refractivity contribution in [3.8, 4) is 0 Å². The molecule has 176 valence electrons. The Kier molecular flexibility index (Phi) is 7.29. The van der Waals surface area contributed by atoms with E-state index in [9.17, 15) is 18.4 Å². The molecule has 0 saturated carbocycles. The van der Waals surface area contributed by atoms with Crippen LogP contribution in [-0.4, -0.2) is 43.1 Å². The Morgan fingerprint density at radius 3 is 2.62 bits per heavy atom. The van der Waals surface area contributed by atoms with Crippen molar-refractivity contribution in [2.75, 3.05) is 41.4 Å². The molecule has 0 unspecified atom stereocenters. The van der Waals surface area contributed by atoms with Crippen molar-refractivity contribution in [1.29, 1.82) is 0 Å². The summed E-state index contributed by atoms with van der Waals surface area (Å²) in [5.74, 6) is -1.83. The Morgan fingerprint density at radius 2 is 1.91 bits per heavy atom. The molecule has 4 rings (SSSR count). The lowest BCUT2D eigenvalue weighted by atomic mass is 10.2. The van der Waals surface area contributed by atoms with Gasteiger partial charge in [-0.15, -0.1) is 11.3 Å². The predicted molar refractivity (Wildman–Crippen MR) is 128 cm³/mol. The fraction of sp³-hybridized carbons (Fsp3) is 0.208. The first-order valence-corrected chi connectivity index (χ1v) is 11.4. The van der Waals surface area contributed by atoms with Gasteiger partial charge in [-0.05, 0) is 36.4 Å². The van der Waals surface area contributed by atoms with Gasteiger partial charge in [-0.25, -0.2) is 13.8 Å². The molecular formula is C24H22F2N4O3S. The predicted octanol–water partition coefficient (Wildman–Crippen LogP) is 4.59. The number of para-hydroxylation sites is 1. The minimum Gasteiger partial charge on any atom is -0.378 e. The van der Waals surface area contributed by atoms with Crippen LogP contribution < -0.4 is 15.1 Å². The largest absolute Gasteiger partial charge is 0.378 e. The zero-order chi connectivity index (χ0) is 24.1. The minimum atomic E-state index is -0.545. The normalized spacial score (nSPS) is 13.8. The quantitative estimate of drug-likeness (QED) is 0.518. The lowest BCUT2D eigenvalue weighted by molar-refractivity contribution is -0.116. The van der Waals surface area contributed by atoms with Crippen LogP contribution in [0.2, 0.25) is 0 Å². The topological polar surface area (TPSA) is 74.8 Å². The number of carbonyl (C=O) groups excluding carboxylic acids is 2. The second-order valence-corrected chi connectivity index (χ2v) is 8.29. The smallest absolute Gasteiger partial charge is 0.248 e. The number of morpholine rings is 1. The van der Waals surface area contributed by atoms with Gasteiger partial charge in [0.1, 0.15) is 11.6 Å². The van der Waals surface area contributed by atoms with Gasteiger partial charge in [0.15, 0.2) is 5.13 Å². The molecule has 1 N–H and O–H groups in total. The van der Waals surface area contributed by atoms with Gasteiger partial charge in [-0.1, -0.05) is 12.1 Å². The lowest BCUT2D eigenvalue weighted by Crippen LogP contribution is -2.36. The van der Waals surface area contributed by atoms with Crippen molar-refractivity contribution in [3.63, 3.8) is 0 Å². The van der Waals surface area contributed by atoms with E-state index in [1.807, 2.05) is 4.90 Å². The van der Waals surface area contributed by atoms with Crippen molar-refractivity contribution in [1.82, 2.24) is 4.98 Å². The van der Waals surface area contributed by atoms with Gasteiger partial charge in [0, 0.05) is 37.2 Å². The van der Waals surface area contributed by atoms with Gasteiger partial charge in [0.25, 0.3) is 0 Å². The second kappa shape index (κ2) is 10.5. The first kappa shape index (κ1) is 23.5. The minimum absolute atomic E-state index is 0.0974. The number of nitrogens with one attached hydrogen (secondary N) is 1. The SMILES string of the molecule is CC(=O)N(c1nc(/C=C/C(=O)Nc2ccc(N3CCOCC3)c(F)c2)cs1)c1ccccc1F. The molecule has 1 aliphatic heterocycles. The summed E-state index contributed by atoms with van der Waals surface area (Å²) in [6, 6.07) is 10.5. The molecule has 3 aromatic rings. The monoisotopic (exact) mass is 484 g/mol. The number of hydrogen-bond acceptors (Lipinski definition) is 6. The highest BCUT2D eigenvalue weighted by atomic mass is 32.1. The summed E-state index contributed by atoms with van der Waals surface area (Å²) in [6.45, 7) is 3.63. The number of thiazole rings is 1. The molecule has 1 fully saturated rings. The number of amides is 2. The maximum Gasteiger partial charge on any atom is 0.248 e. The third-order valence-corrected chi connectivity index (χ3v) is 5.93. The van der Waals surface area contributed by atoms with Gasteiger partial charge in [0.05, 0.1) is 30.3 Å². The molecule has 2 aromatic carbocycles. The summed E-state index contributed by atoms with van der Waals surface area (Å²) in [6.07, 6.45) is 2.72. The van der Waals surface area contributed by atoms with Crippen LogP contribution in [0.25, 0.3) is 6.08 Å². The van der Waals surface area contributed by atoms with E-state index in [0.29, 0.717) is 43.4 Å². The van der Waals surface area contributed by atoms with Crippen LogP contribution in [0.15, 0.2) is 53.9 Å². The van der Waals surface area contributed by atoms with E-state index in [-0.39, 0.29) is 10.8 Å². The average molecular weight is 485 g/mol. The Labute approximate surface area is 199 Å². The Morgan fingerprint density at radius 1 is 1.15 bits per heavy atom. The fourth-order valence-electron chi connectivity index (χ4n) is 3.49. The fourth-order valence-corrected chi connectivity index (χ4v) is 4.33. The number of benzene rings is 2. The molecule has 7 nitrogen and oxygen atoms in total. The zero-order valence-electron chi connectivity index (χ0n) is 18.3. The first-order chi connectivity index (χ1) is 16.4. The summed E-state index contributed by atoms with van der Waals surface area (Å²) in [7, 11) is 0. The Bertz CT molecular complexity index is 1220. The molecule has 1 aliphatic rings. The molecule has 2 amide bonds. The van der Waals surface area contributed by atoms with Gasteiger partial charge in [-0.2, -0.15) is 0 Å². The first-order valence-electron chi connectivity index (χ1n) is 10.5. The van der Waals surface area contributed by atoms with Crippen LogP contribution in [0.3, 0.4) is 0 Å². The van der Waals surface area contributed by atoms with E-state index in [0.717, 1.165) is 11.3 Å². The van der Waals surface area contributed by atoms with Gasteiger partial charge >= 0.3 is 0 Å². The second-order valence-electron chi connectivity index (χ2n) is 7.45. The van der Waals surface area contributed by atoms with Gasteiger partial charge in [-0.3, -0.25) is 14.5 Å². The molecule has 10 heteroatoms. The van der Waals surface area contributed by atoms with Crippen LogP contribution >= 0.6 is 11.3 Å². The van der Waals surface area contributed by atoms with Crippen LogP contribution in [0.5, 0.6) is 0 Å². The zero-order valence-corrected chi connectivity index (χ0v) is 19.1. The van der Waals surface area contributed by atoms with Crippen molar-refractivity contribution in [2.45, 2.75) is 6.92 Å². The summed E-state index contributed by atoms with van der Waals surface area (Å²) < 4.78 is 34.0. The number of hydrogen-bond donors (Lipinski definition) is 1. The van der Waals surface area contributed by atoms with E-state index in [1.165, 1.54) is 48.2 Å². The maximum absolute atomic E-state index is 14.5. The van der Waals surface area contributed by atoms with Crippen molar-refractivity contribution < 1.29 is 23.1 Å². The van der Waals surface area contributed by atoms with E-state index in [2.05, 4.69) is 10.3 Å². The third kappa shape index (κ3) is 5.46. The average Bonchev–Trinajstić information content (AvgIpc) is 3.28. The van der Waals surface area contributed by atoms with E-state index in [1.54, 1.807) is 23.6 Å². The van der Waals surface area contributed by atoms with Crippen LogP contribution in [0.4, 0.5) is 31.0 Å². The molecule has 0 aliphatic carbocycles. The highest BCUT2D eigenvalue weighted by Gasteiger charge is 2.20. The number of ether oxygens (including phenoxy) is 1. The van der Waals surface area contributed by atoms with Gasteiger partial charge in [0.2, 0.25) is 11.8 Å². The molecule has 2 heterocycles. The maximum atomic E-state index is 14.5. The molecule has 0 radical (unpaired) electrons. The number of rotatable bonds is 6. The summed E-state index contributed by atoms with van der Waals surface area (Å²) in [4.78, 5) is 31.8. The highest BCUT2D eigenvalue weighted by molar-refractivity contribution is 7.14. The molecule has 0 spiro atoms. The molecule has 0 bridgehead atoms. The van der Waals surface area contributed by atoms with Crippen LogP contribution in [-0.2, 0) is 14.3 Å². The molecule has 1 aromatic heterocycles. The summed E-state index contributed by atoms with van der Waals surface area (Å²) in [5, 5.41) is 4.54. The lowest BCUT2D eigenvalue weighted by Gasteiger charge is -2.29. The van der Waals surface area contributed by atoms with E-state index in [4.69, 9.17) is 4.74 Å². The standard InChI is InChI=1S/C24H22F2N4O3S/c1-16(31)30(22-5-3-2-4-19(22)25)24-28-18(15-34-24)7-9-23(32)27-17-6-8-21(20(26)14-17)29-10-12-33-13-11-29/h2-9,14-15H,10-13H2,1H3,(H,27,32)/b9-7+. The summed E-state index contributed by atoms with van der Waals surface area (Å²) in [5.41, 5.74) is 1.31. The van der Waals surface area contributed by atoms with Crippen molar-refractivity contribution >= 4 is 51.4 Å². The van der Waals surface area contributed by atoms with Crippen LogP contribution in [0.1, 0.15) is 12.6 Å². The number of halogens is 2. The molecule has 1 saturated heterocycles. The van der Waals surface area contributed by atoms with E-state index >= 15 is 0 Å². The number of carbonyl (C=O) groups is 2. The van der Waals surface area contributed by atoms with Gasteiger partial charge < -0.3 is 15.0 Å². The highest BCUT2D eigenvalue weighted by Crippen LogP contribution is 2.31. The number of nitrogens with zero attached hydrogens (tertiary/aromatic N) is 3. The Balaban J connectivity index is 1.42. The third-order valence-electron chi connectivity index (χ3n) is 5.08. The number of anilines is 4. The summed E-state index contributed by atoms with van der Waals surface area (Å²) >= 11 is 1.14. The molecule has 0 atom stereocenters. The van der Waals surface area contributed by atoms with E-state index < -0.39 is 23.4 Å². The van der Waals surface area contributed by atoms with Crippen molar-refractivity contribution in [2.24, 2.45) is 0 Å². The molecule has 34 heavy (non-hydrogen) atoms.